The van der Waals surface area contributed by atoms with Gasteiger partial charge in [-0.25, -0.2) is 0 Å². The molecule has 0 saturated heterocycles. The van der Waals surface area contributed by atoms with Gasteiger partial charge in [0, 0.05) is 13.1 Å². The van der Waals surface area contributed by atoms with Crippen LogP contribution in [0.25, 0.3) is 0 Å². The predicted octanol–water partition coefficient (Wildman–Crippen LogP) is 3.34. The first-order valence-corrected chi connectivity index (χ1v) is 7.32. The normalized spacial score (nSPS) is 22.9. The second kappa shape index (κ2) is 6.19. The first-order valence-electron chi connectivity index (χ1n) is 7.32. The Bertz CT molecular complexity index is 217. The van der Waals surface area contributed by atoms with Crippen molar-refractivity contribution in [3.05, 3.63) is 0 Å². The molecule has 2 nitrogen and oxygen atoms in total. The van der Waals surface area contributed by atoms with Crippen molar-refractivity contribution in [1.29, 1.82) is 0 Å². The van der Waals surface area contributed by atoms with Gasteiger partial charge in [-0.3, -0.25) is 0 Å². The van der Waals surface area contributed by atoms with Crippen LogP contribution in [-0.2, 0) is 0 Å². The highest BCUT2D eigenvalue weighted by molar-refractivity contribution is 4.88. The molecule has 0 amide bonds. The van der Waals surface area contributed by atoms with Gasteiger partial charge in [0.15, 0.2) is 0 Å². The van der Waals surface area contributed by atoms with Gasteiger partial charge in [0.2, 0.25) is 0 Å². The van der Waals surface area contributed by atoms with Crippen molar-refractivity contribution in [2.45, 2.75) is 71.8 Å². The molecule has 1 fully saturated rings. The molecule has 2 N–H and O–H groups in total. The second-order valence-corrected chi connectivity index (χ2v) is 6.76. The van der Waals surface area contributed by atoms with E-state index in [2.05, 4.69) is 19.2 Å². The van der Waals surface area contributed by atoms with Gasteiger partial charge in [0.25, 0.3) is 0 Å². The van der Waals surface area contributed by atoms with E-state index in [1.165, 1.54) is 32.1 Å². The Hall–Kier alpha value is -0.0800. The molecule has 1 saturated carbocycles. The van der Waals surface area contributed by atoms with Gasteiger partial charge in [0.1, 0.15) is 0 Å². The van der Waals surface area contributed by atoms with Crippen molar-refractivity contribution in [3.8, 4) is 0 Å². The van der Waals surface area contributed by atoms with E-state index in [4.69, 9.17) is 0 Å². The largest absolute Gasteiger partial charge is 0.389 e. The zero-order valence-electron chi connectivity index (χ0n) is 12.2. The van der Waals surface area contributed by atoms with E-state index in [1.807, 2.05) is 13.8 Å². The summed E-state index contributed by atoms with van der Waals surface area (Å²) in [7, 11) is 0. The van der Waals surface area contributed by atoms with E-state index in [9.17, 15) is 5.11 Å². The van der Waals surface area contributed by atoms with Gasteiger partial charge in [-0.05, 0) is 43.9 Å². The Morgan fingerprint density at radius 3 is 2.35 bits per heavy atom. The van der Waals surface area contributed by atoms with Crippen LogP contribution in [0.15, 0.2) is 0 Å². The minimum atomic E-state index is -0.544. The Kier molecular flexibility index (Phi) is 5.46. The fraction of sp³-hybridized carbons (Fsp3) is 1.00. The molecule has 0 bridgehead atoms. The molecule has 0 radical (unpaired) electrons. The summed E-state index contributed by atoms with van der Waals surface area (Å²) in [6.45, 7) is 10.4. The van der Waals surface area contributed by atoms with E-state index < -0.39 is 5.60 Å². The second-order valence-electron chi connectivity index (χ2n) is 6.76. The highest BCUT2D eigenvalue weighted by atomic mass is 16.3. The summed E-state index contributed by atoms with van der Waals surface area (Å²) >= 11 is 0. The summed E-state index contributed by atoms with van der Waals surface area (Å²) < 4.78 is 0. The number of hydrogen-bond acceptors (Lipinski definition) is 2. The third kappa shape index (κ3) is 4.97. The van der Waals surface area contributed by atoms with Crippen LogP contribution in [0.1, 0.15) is 66.2 Å². The van der Waals surface area contributed by atoms with Gasteiger partial charge in [0.05, 0.1) is 5.60 Å². The zero-order chi connectivity index (χ0) is 12.9. The molecule has 0 spiro atoms. The van der Waals surface area contributed by atoms with Crippen LogP contribution in [-0.4, -0.2) is 23.8 Å². The van der Waals surface area contributed by atoms with Gasteiger partial charge in [-0.2, -0.15) is 0 Å². The summed E-state index contributed by atoms with van der Waals surface area (Å²) in [5, 5.41) is 13.5. The number of hydrogen-bond donors (Lipinski definition) is 2. The van der Waals surface area contributed by atoms with Crippen LogP contribution in [0.3, 0.4) is 0 Å². The monoisotopic (exact) mass is 241 g/mol. The van der Waals surface area contributed by atoms with Crippen LogP contribution in [0.5, 0.6) is 0 Å². The van der Waals surface area contributed by atoms with Crippen molar-refractivity contribution in [3.63, 3.8) is 0 Å². The SMILES string of the molecule is CCC(C)(O)CNCC1(CC(C)C)CCCC1. The Labute approximate surface area is 107 Å². The molecule has 1 unspecified atom stereocenters. The smallest absolute Gasteiger partial charge is 0.0740 e. The van der Waals surface area contributed by atoms with E-state index >= 15 is 0 Å². The number of rotatable bonds is 7. The van der Waals surface area contributed by atoms with E-state index in [0.717, 1.165) is 25.4 Å². The molecule has 102 valence electrons. The quantitative estimate of drug-likeness (QED) is 0.716. The van der Waals surface area contributed by atoms with Crippen molar-refractivity contribution in [2.24, 2.45) is 11.3 Å². The first-order chi connectivity index (χ1) is 7.89. The molecule has 0 aromatic heterocycles. The Balaban J connectivity index is 2.40. The van der Waals surface area contributed by atoms with Crippen molar-refractivity contribution in [1.82, 2.24) is 5.32 Å². The summed E-state index contributed by atoms with van der Waals surface area (Å²) in [6, 6.07) is 0. The molecule has 1 atom stereocenters. The van der Waals surface area contributed by atoms with E-state index in [1.54, 1.807) is 0 Å². The molecule has 1 rings (SSSR count). The molecule has 0 aromatic carbocycles. The maximum atomic E-state index is 10.0. The average Bonchev–Trinajstić information content (AvgIpc) is 2.65. The first kappa shape index (κ1) is 15.0. The van der Waals surface area contributed by atoms with E-state index in [-0.39, 0.29) is 0 Å². The van der Waals surface area contributed by atoms with Crippen molar-refractivity contribution in [2.75, 3.05) is 13.1 Å². The fourth-order valence-electron chi connectivity index (χ4n) is 3.17. The fourth-order valence-corrected chi connectivity index (χ4v) is 3.17. The van der Waals surface area contributed by atoms with Gasteiger partial charge in [-0.1, -0.05) is 33.6 Å². The topological polar surface area (TPSA) is 32.3 Å². The minimum absolute atomic E-state index is 0.512. The zero-order valence-corrected chi connectivity index (χ0v) is 12.2. The van der Waals surface area contributed by atoms with Gasteiger partial charge in [-0.15, -0.1) is 0 Å². The lowest BCUT2D eigenvalue weighted by atomic mass is 9.78. The number of nitrogens with one attached hydrogen (secondary N) is 1. The Morgan fingerprint density at radius 2 is 1.88 bits per heavy atom. The van der Waals surface area contributed by atoms with Gasteiger partial charge < -0.3 is 10.4 Å². The molecule has 2 heteroatoms. The van der Waals surface area contributed by atoms with Crippen LogP contribution < -0.4 is 5.32 Å². The molecule has 0 aromatic rings. The maximum Gasteiger partial charge on any atom is 0.0740 e. The summed E-state index contributed by atoms with van der Waals surface area (Å²) in [5.74, 6) is 0.779. The van der Waals surface area contributed by atoms with Crippen molar-refractivity contribution < 1.29 is 5.11 Å². The molecular weight excluding hydrogens is 210 g/mol. The standard InChI is InChI=1S/C15H31NO/c1-5-14(4,17)11-16-12-15(10-13(2)3)8-6-7-9-15/h13,16-17H,5-12H2,1-4H3. The van der Waals surface area contributed by atoms with Crippen LogP contribution >= 0.6 is 0 Å². The van der Waals surface area contributed by atoms with Crippen LogP contribution in [0.4, 0.5) is 0 Å². The highest BCUT2D eigenvalue weighted by Gasteiger charge is 2.34. The van der Waals surface area contributed by atoms with E-state index in [0.29, 0.717) is 5.41 Å². The lowest BCUT2D eigenvalue weighted by Crippen LogP contribution is -2.42. The van der Waals surface area contributed by atoms with Gasteiger partial charge >= 0.3 is 0 Å². The minimum Gasteiger partial charge on any atom is -0.389 e. The summed E-state index contributed by atoms with van der Waals surface area (Å²) in [4.78, 5) is 0. The lowest BCUT2D eigenvalue weighted by molar-refractivity contribution is 0.0515. The van der Waals surface area contributed by atoms with Crippen molar-refractivity contribution >= 4 is 0 Å². The third-order valence-corrected chi connectivity index (χ3v) is 4.27. The molecular formula is C15H31NO. The third-order valence-electron chi connectivity index (χ3n) is 4.27. The van der Waals surface area contributed by atoms with Crippen LogP contribution in [0.2, 0.25) is 0 Å². The Morgan fingerprint density at radius 1 is 1.29 bits per heavy atom. The molecule has 17 heavy (non-hydrogen) atoms. The summed E-state index contributed by atoms with van der Waals surface area (Å²) in [6.07, 6.45) is 7.65. The number of aliphatic hydroxyl groups is 1. The molecule has 0 heterocycles. The van der Waals surface area contributed by atoms with Crippen LogP contribution in [0, 0.1) is 11.3 Å². The maximum absolute atomic E-state index is 10.0. The summed E-state index contributed by atoms with van der Waals surface area (Å²) in [5.41, 5.74) is -0.0321. The predicted molar refractivity (Wildman–Crippen MR) is 74.1 cm³/mol. The lowest BCUT2D eigenvalue weighted by Gasteiger charge is -2.33. The highest BCUT2D eigenvalue weighted by Crippen LogP contribution is 2.42. The molecule has 0 aliphatic heterocycles. The molecule has 1 aliphatic rings. The average molecular weight is 241 g/mol. The molecule has 1 aliphatic carbocycles.